The summed E-state index contributed by atoms with van der Waals surface area (Å²) in [5.41, 5.74) is 0.461. The molecule has 0 atom stereocenters. The summed E-state index contributed by atoms with van der Waals surface area (Å²) < 4.78 is 18.0. The van der Waals surface area contributed by atoms with Crippen LogP contribution in [0.2, 0.25) is 30.7 Å². The van der Waals surface area contributed by atoms with Gasteiger partial charge in [0.15, 0.2) is 18.3 Å². The topological polar surface area (TPSA) is 49.7 Å². The molecule has 0 amide bonds. The van der Waals surface area contributed by atoms with Crippen molar-refractivity contribution in [2.75, 3.05) is 20.5 Å². The van der Waals surface area contributed by atoms with Gasteiger partial charge in [0.1, 0.15) is 0 Å². The molecule has 1 aromatic heterocycles. The van der Waals surface area contributed by atoms with Crippen LogP contribution in [0, 0.1) is 0 Å². The lowest BCUT2D eigenvalue weighted by atomic mass is 10.2. The Hall–Kier alpha value is -1.76. The van der Waals surface area contributed by atoms with Gasteiger partial charge in [0.2, 0.25) is 0 Å². The molecule has 0 bridgehead atoms. The molecule has 0 fully saturated rings. The summed E-state index contributed by atoms with van der Waals surface area (Å²) in [7, 11) is 0.452. The van der Waals surface area contributed by atoms with Crippen LogP contribution in [0.4, 0.5) is 0 Å². The number of ether oxygens (including phenoxy) is 3. The van der Waals surface area contributed by atoms with Gasteiger partial charge in [-0.1, -0.05) is 31.2 Å². The second-order valence-electron chi connectivity index (χ2n) is 6.87. The van der Waals surface area contributed by atoms with Gasteiger partial charge in [-0.05, 0) is 24.2 Å². The first kappa shape index (κ1) is 19.6. The maximum Gasteiger partial charge on any atom is 0.256 e. The molecule has 0 aliphatic heterocycles. The molecule has 0 spiro atoms. The van der Waals surface area contributed by atoms with Crippen molar-refractivity contribution in [2.45, 2.75) is 25.7 Å². The Morgan fingerprint density at radius 1 is 1.12 bits per heavy atom. The first-order valence-electron chi connectivity index (χ1n) is 8.07. The Kier molecular flexibility index (Phi) is 6.69. The number of aromatic nitrogens is 1. The van der Waals surface area contributed by atoms with Crippen LogP contribution in [0.25, 0.3) is 5.69 Å². The summed E-state index contributed by atoms with van der Waals surface area (Å²) >= 11 is 5.83. The van der Waals surface area contributed by atoms with Gasteiger partial charge in [0.25, 0.3) is 5.56 Å². The molecule has 0 saturated carbocycles. The largest absolute Gasteiger partial charge is 0.493 e. The Labute approximate surface area is 154 Å². The van der Waals surface area contributed by atoms with Gasteiger partial charge in [0, 0.05) is 38.0 Å². The summed E-state index contributed by atoms with van der Waals surface area (Å²) in [6, 6.07) is 9.40. The highest BCUT2D eigenvalue weighted by Gasteiger charge is 2.12. The third kappa shape index (κ3) is 5.92. The molecule has 0 N–H and O–H groups in total. The second kappa shape index (κ2) is 8.56. The van der Waals surface area contributed by atoms with E-state index in [1.54, 1.807) is 37.6 Å². The number of nitrogens with zero attached hydrogens (tertiary/aromatic N) is 1. The third-order valence-corrected chi connectivity index (χ3v) is 5.54. The van der Waals surface area contributed by atoms with E-state index in [4.69, 9.17) is 25.8 Å². The van der Waals surface area contributed by atoms with E-state index in [9.17, 15) is 4.79 Å². The molecule has 5 nitrogen and oxygen atoms in total. The number of rotatable bonds is 8. The molecule has 0 radical (unpaired) electrons. The zero-order chi connectivity index (χ0) is 18.4. The maximum atomic E-state index is 12.0. The quantitative estimate of drug-likeness (QED) is 0.391. The van der Waals surface area contributed by atoms with E-state index in [2.05, 4.69) is 19.6 Å². The van der Waals surface area contributed by atoms with Crippen molar-refractivity contribution in [1.29, 1.82) is 0 Å². The van der Waals surface area contributed by atoms with Gasteiger partial charge < -0.3 is 14.2 Å². The van der Waals surface area contributed by atoms with Gasteiger partial charge >= 0.3 is 0 Å². The number of hydrogen-bond acceptors (Lipinski definition) is 4. The average molecular weight is 382 g/mol. The predicted octanol–water partition coefficient (Wildman–Crippen LogP) is 4.19. The van der Waals surface area contributed by atoms with E-state index >= 15 is 0 Å². The van der Waals surface area contributed by atoms with Gasteiger partial charge in [0.05, 0.1) is 12.8 Å². The zero-order valence-corrected chi connectivity index (χ0v) is 16.8. The van der Waals surface area contributed by atoms with Crippen molar-refractivity contribution >= 4 is 19.7 Å². The third-order valence-electron chi connectivity index (χ3n) is 3.60. The fraction of sp³-hybridized carbons (Fsp3) is 0.389. The molecule has 0 saturated heterocycles. The Morgan fingerprint density at radius 2 is 1.88 bits per heavy atom. The van der Waals surface area contributed by atoms with E-state index in [1.807, 2.05) is 0 Å². The van der Waals surface area contributed by atoms with Gasteiger partial charge in [-0.3, -0.25) is 9.36 Å². The van der Waals surface area contributed by atoms with E-state index in [1.165, 1.54) is 10.6 Å². The smallest absolute Gasteiger partial charge is 0.256 e. The van der Waals surface area contributed by atoms with E-state index in [-0.39, 0.29) is 12.4 Å². The zero-order valence-electron chi connectivity index (χ0n) is 15.0. The fourth-order valence-electron chi connectivity index (χ4n) is 2.14. The van der Waals surface area contributed by atoms with Crippen molar-refractivity contribution in [3.05, 3.63) is 51.9 Å². The van der Waals surface area contributed by atoms with Gasteiger partial charge in [-0.15, -0.1) is 0 Å². The molecule has 0 unspecified atom stereocenters. The molecular formula is C18H24ClNO4Si. The minimum absolute atomic E-state index is 0.168. The van der Waals surface area contributed by atoms with Gasteiger partial charge in [-0.2, -0.15) is 0 Å². The maximum absolute atomic E-state index is 12.0. The van der Waals surface area contributed by atoms with Crippen LogP contribution in [0.3, 0.4) is 0 Å². The van der Waals surface area contributed by atoms with Crippen molar-refractivity contribution in [3.8, 4) is 17.2 Å². The highest BCUT2D eigenvalue weighted by molar-refractivity contribution is 6.76. The molecular weight excluding hydrogens is 358 g/mol. The van der Waals surface area contributed by atoms with Gasteiger partial charge in [-0.25, -0.2) is 0 Å². The highest BCUT2D eigenvalue weighted by atomic mass is 35.5. The predicted molar refractivity (Wildman–Crippen MR) is 103 cm³/mol. The molecule has 1 aromatic carbocycles. The highest BCUT2D eigenvalue weighted by Crippen LogP contribution is 2.29. The van der Waals surface area contributed by atoms with E-state index in [0.717, 1.165) is 6.04 Å². The minimum Gasteiger partial charge on any atom is -0.493 e. The van der Waals surface area contributed by atoms with Crippen LogP contribution < -0.4 is 15.0 Å². The average Bonchev–Trinajstić information content (AvgIpc) is 2.54. The van der Waals surface area contributed by atoms with E-state index in [0.29, 0.717) is 28.8 Å². The first-order valence-corrected chi connectivity index (χ1v) is 12.2. The number of pyridine rings is 1. The molecule has 7 heteroatoms. The lowest BCUT2D eigenvalue weighted by molar-refractivity contribution is 0.0205. The summed E-state index contributed by atoms with van der Waals surface area (Å²) in [6.45, 7) is 7.77. The minimum atomic E-state index is -1.11. The molecule has 136 valence electrons. The molecule has 2 rings (SSSR count). The van der Waals surface area contributed by atoms with Crippen LogP contribution in [0.1, 0.15) is 0 Å². The van der Waals surface area contributed by atoms with Crippen molar-refractivity contribution < 1.29 is 14.2 Å². The van der Waals surface area contributed by atoms with Crippen molar-refractivity contribution in [1.82, 2.24) is 4.57 Å². The Balaban J connectivity index is 2.05. The van der Waals surface area contributed by atoms with E-state index < -0.39 is 8.07 Å². The lowest BCUT2D eigenvalue weighted by Gasteiger charge is -2.16. The molecule has 0 aliphatic rings. The first-order chi connectivity index (χ1) is 11.8. The van der Waals surface area contributed by atoms with Crippen LogP contribution in [-0.4, -0.2) is 33.2 Å². The SMILES string of the molecule is COc1cc(-n2ccc(Cl)cc2=O)ccc1OCOCC[Si](C)(C)C. The lowest BCUT2D eigenvalue weighted by Crippen LogP contribution is -2.22. The summed E-state index contributed by atoms with van der Waals surface area (Å²) in [5.74, 6) is 1.11. The Bertz CT molecular complexity index is 770. The number of methoxy groups -OCH3 is 1. The van der Waals surface area contributed by atoms with Crippen LogP contribution in [-0.2, 0) is 4.74 Å². The normalized spacial score (nSPS) is 11.4. The molecule has 1 heterocycles. The van der Waals surface area contributed by atoms with Crippen molar-refractivity contribution in [3.63, 3.8) is 0 Å². The second-order valence-corrected chi connectivity index (χ2v) is 12.9. The molecule has 2 aromatic rings. The van der Waals surface area contributed by atoms with Crippen molar-refractivity contribution in [2.24, 2.45) is 0 Å². The summed E-state index contributed by atoms with van der Waals surface area (Å²) in [6.07, 6.45) is 1.62. The van der Waals surface area contributed by atoms with Crippen LogP contribution in [0.5, 0.6) is 11.5 Å². The Morgan fingerprint density at radius 3 is 2.52 bits per heavy atom. The van der Waals surface area contributed by atoms with Crippen LogP contribution in [0.15, 0.2) is 41.3 Å². The summed E-state index contributed by atoms with van der Waals surface area (Å²) in [4.78, 5) is 12.0. The molecule has 0 aliphatic carbocycles. The standard InChI is InChI=1S/C18H24ClNO4Si/c1-22-17-12-15(20-8-7-14(19)11-18(20)21)5-6-16(17)24-13-23-9-10-25(2,3)4/h5-8,11-12H,9-10,13H2,1-4H3. The monoisotopic (exact) mass is 381 g/mol. The number of benzene rings is 1. The number of halogens is 1. The summed E-state index contributed by atoms with van der Waals surface area (Å²) in [5, 5.41) is 0.406. The van der Waals surface area contributed by atoms with Crippen LogP contribution >= 0.6 is 11.6 Å². The fourth-order valence-corrected chi connectivity index (χ4v) is 3.04. The molecule has 25 heavy (non-hydrogen) atoms. The number of hydrogen-bond donors (Lipinski definition) is 0.